The van der Waals surface area contributed by atoms with E-state index in [1.165, 1.54) is 17.5 Å². The molecule has 0 fully saturated rings. The van der Waals surface area contributed by atoms with Gasteiger partial charge < -0.3 is 15.4 Å². The molecule has 0 spiro atoms. The standard InChI is InChI=1S/C16H24N4O2S/c1-4-5-8-22-9-6-7-18-15(21)14(10-17)11-19-16-20-12(2)13(3)23-16/h11H,4-9H2,1-3H3,(H,18,21)(H,19,20)/b14-11-. The van der Waals surface area contributed by atoms with E-state index >= 15 is 0 Å². The molecule has 0 atom stereocenters. The zero-order valence-electron chi connectivity index (χ0n) is 13.9. The number of hydrogen-bond acceptors (Lipinski definition) is 6. The third-order valence-corrected chi connectivity index (χ3v) is 4.13. The number of nitrogens with zero attached hydrogens (tertiary/aromatic N) is 2. The van der Waals surface area contributed by atoms with Gasteiger partial charge in [-0.05, 0) is 26.7 Å². The summed E-state index contributed by atoms with van der Waals surface area (Å²) in [5.74, 6) is -0.390. The molecule has 126 valence electrons. The molecule has 23 heavy (non-hydrogen) atoms. The lowest BCUT2D eigenvalue weighted by Crippen LogP contribution is -2.26. The van der Waals surface area contributed by atoms with Crippen molar-refractivity contribution in [1.29, 1.82) is 5.26 Å². The van der Waals surface area contributed by atoms with Gasteiger partial charge in [-0.1, -0.05) is 13.3 Å². The Morgan fingerprint density at radius 1 is 1.39 bits per heavy atom. The molecule has 6 nitrogen and oxygen atoms in total. The van der Waals surface area contributed by atoms with E-state index in [0.717, 1.165) is 36.4 Å². The minimum absolute atomic E-state index is 0.0300. The lowest BCUT2D eigenvalue weighted by Gasteiger charge is -2.05. The Balaban J connectivity index is 2.34. The first-order valence-corrected chi connectivity index (χ1v) is 8.57. The Kier molecular flexibility index (Phi) is 8.95. The molecule has 0 saturated carbocycles. The summed E-state index contributed by atoms with van der Waals surface area (Å²) >= 11 is 1.48. The summed E-state index contributed by atoms with van der Waals surface area (Å²) in [4.78, 5) is 17.3. The van der Waals surface area contributed by atoms with Crippen molar-refractivity contribution in [3.8, 4) is 6.07 Å². The van der Waals surface area contributed by atoms with Crippen LogP contribution in [0.25, 0.3) is 0 Å². The molecule has 2 N–H and O–H groups in total. The number of ether oxygens (including phenoxy) is 1. The number of nitrogens with one attached hydrogen (secondary N) is 2. The molecular formula is C16H24N4O2S. The maximum absolute atomic E-state index is 11.9. The molecule has 0 aliphatic heterocycles. The number of thiazole rings is 1. The summed E-state index contributed by atoms with van der Waals surface area (Å²) < 4.78 is 5.41. The fourth-order valence-electron chi connectivity index (χ4n) is 1.64. The number of aromatic nitrogens is 1. The van der Waals surface area contributed by atoms with Crippen LogP contribution in [-0.2, 0) is 9.53 Å². The lowest BCUT2D eigenvalue weighted by molar-refractivity contribution is -0.117. The van der Waals surface area contributed by atoms with Crippen molar-refractivity contribution in [2.75, 3.05) is 25.1 Å². The Morgan fingerprint density at radius 2 is 2.13 bits per heavy atom. The van der Waals surface area contributed by atoms with Gasteiger partial charge in [0, 0.05) is 30.8 Å². The van der Waals surface area contributed by atoms with E-state index in [4.69, 9.17) is 10.00 Å². The fourth-order valence-corrected chi connectivity index (χ4v) is 2.42. The number of aryl methyl sites for hydroxylation is 2. The first-order chi connectivity index (χ1) is 11.1. The van der Waals surface area contributed by atoms with E-state index in [9.17, 15) is 4.79 Å². The molecule has 0 aliphatic carbocycles. The van der Waals surface area contributed by atoms with Gasteiger partial charge in [0.15, 0.2) is 5.13 Å². The molecule has 0 bridgehead atoms. The second-order valence-electron chi connectivity index (χ2n) is 5.05. The molecule has 7 heteroatoms. The Morgan fingerprint density at radius 3 is 2.74 bits per heavy atom. The fraction of sp³-hybridized carbons (Fsp3) is 0.562. The van der Waals surface area contributed by atoms with Gasteiger partial charge in [0.1, 0.15) is 11.6 Å². The highest BCUT2D eigenvalue weighted by Crippen LogP contribution is 2.21. The summed E-state index contributed by atoms with van der Waals surface area (Å²) in [5, 5.41) is 15.4. The van der Waals surface area contributed by atoms with E-state index in [1.807, 2.05) is 19.9 Å². The molecule has 0 aromatic carbocycles. The predicted octanol–water partition coefficient (Wildman–Crippen LogP) is 2.90. The van der Waals surface area contributed by atoms with Crippen molar-refractivity contribution in [3.63, 3.8) is 0 Å². The van der Waals surface area contributed by atoms with Gasteiger partial charge >= 0.3 is 0 Å². The van der Waals surface area contributed by atoms with Gasteiger partial charge in [0.2, 0.25) is 0 Å². The van der Waals surface area contributed by atoms with Crippen LogP contribution in [0.15, 0.2) is 11.8 Å². The van der Waals surface area contributed by atoms with Crippen molar-refractivity contribution in [2.24, 2.45) is 0 Å². The van der Waals surface area contributed by atoms with Crippen LogP contribution in [0.1, 0.15) is 36.8 Å². The molecule has 1 heterocycles. The molecule has 0 radical (unpaired) electrons. The maximum atomic E-state index is 11.9. The van der Waals surface area contributed by atoms with Crippen molar-refractivity contribution in [3.05, 3.63) is 22.3 Å². The molecular weight excluding hydrogens is 312 g/mol. The maximum Gasteiger partial charge on any atom is 0.263 e. The minimum atomic E-state index is -0.390. The lowest BCUT2D eigenvalue weighted by atomic mass is 10.3. The van der Waals surface area contributed by atoms with Crippen LogP contribution in [0.2, 0.25) is 0 Å². The van der Waals surface area contributed by atoms with Crippen molar-refractivity contribution >= 4 is 22.4 Å². The molecule has 1 rings (SSSR count). The highest BCUT2D eigenvalue weighted by molar-refractivity contribution is 7.15. The molecule has 0 unspecified atom stereocenters. The van der Waals surface area contributed by atoms with Crippen LogP contribution in [-0.4, -0.2) is 30.6 Å². The molecule has 0 saturated heterocycles. The smallest absolute Gasteiger partial charge is 0.263 e. The normalized spacial score (nSPS) is 11.1. The SMILES string of the molecule is CCCCOCCCNC(=O)/C(C#N)=C\Nc1nc(C)c(C)s1. The highest BCUT2D eigenvalue weighted by atomic mass is 32.1. The average molecular weight is 336 g/mol. The van der Waals surface area contributed by atoms with Crippen LogP contribution in [0, 0.1) is 25.2 Å². The minimum Gasteiger partial charge on any atom is -0.381 e. The summed E-state index contributed by atoms with van der Waals surface area (Å²) in [6, 6.07) is 1.89. The van der Waals surface area contributed by atoms with E-state index in [0.29, 0.717) is 18.3 Å². The number of unbranched alkanes of at least 4 members (excludes halogenated alkanes) is 1. The number of carbonyl (C=O) groups excluding carboxylic acids is 1. The van der Waals surface area contributed by atoms with E-state index in [2.05, 4.69) is 22.5 Å². The van der Waals surface area contributed by atoms with Crippen LogP contribution >= 0.6 is 11.3 Å². The third kappa shape index (κ3) is 7.26. The Bertz CT molecular complexity index is 556. The number of nitriles is 1. The van der Waals surface area contributed by atoms with E-state index in [1.54, 1.807) is 0 Å². The zero-order valence-corrected chi connectivity index (χ0v) is 14.8. The Hall–Kier alpha value is -1.91. The van der Waals surface area contributed by atoms with Crippen molar-refractivity contribution in [2.45, 2.75) is 40.0 Å². The molecule has 0 aliphatic rings. The summed E-state index contributed by atoms with van der Waals surface area (Å²) in [6.45, 7) is 7.86. The van der Waals surface area contributed by atoms with Gasteiger partial charge in [-0.3, -0.25) is 4.79 Å². The zero-order chi connectivity index (χ0) is 17.1. The van der Waals surface area contributed by atoms with E-state index in [-0.39, 0.29) is 5.57 Å². The predicted molar refractivity (Wildman–Crippen MR) is 92.3 cm³/mol. The monoisotopic (exact) mass is 336 g/mol. The summed E-state index contributed by atoms with van der Waals surface area (Å²) in [5.41, 5.74) is 0.972. The van der Waals surface area contributed by atoms with Gasteiger partial charge in [-0.25, -0.2) is 4.98 Å². The van der Waals surface area contributed by atoms with Gasteiger partial charge in [-0.2, -0.15) is 5.26 Å². The Labute approximate surface area is 141 Å². The first kappa shape index (κ1) is 19.1. The number of rotatable bonds is 10. The van der Waals surface area contributed by atoms with Crippen LogP contribution in [0.3, 0.4) is 0 Å². The molecule has 1 aromatic heterocycles. The largest absolute Gasteiger partial charge is 0.381 e. The second kappa shape index (κ2) is 10.8. The number of amides is 1. The van der Waals surface area contributed by atoms with Gasteiger partial charge in [0.05, 0.1) is 5.69 Å². The highest BCUT2D eigenvalue weighted by Gasteiger charge is 2.09. The number of anilines is 1. The van der Waals surface area contributed by atoms with E-state index < -0.39 is 5.91 Å². The van der Waals surface area contributed by atoms with Gasteiger partial charge in [0.25, 0.3) is 5.91 Å². The number of carbonyl (C=O) groups is 1. The quantitative estimate of drug-likeness (QED) is 0.390. The number of hydrogen-bond donors (Lipinski definition) is 2. The molecule has 1 aromatic rings. The molecule has 1 amide bonds. The topological polar surface area (TPSA) is 87.0 Å². The van der Waals surface area contributed by atoms with Gasteiger partial charge in [-0.15, -0.1) is 11.3 Å². The summed E-state index contributed by atoms with van der Waals surface area (Å²) in [6.07, 6.45) is 4.28. The average Bonchev–Trinajstić information content (AvgIpc) is 2.85. The van der Waals surface area contributed by atoms with Crippen molar-refractivity contribution < 1.29 is 9.53 Å². The van der Waals surface area contributed by atoms with Crippen LogP contribution in [0.5, 0.6) is 0 Å². The van der Waals surface area contributed by atoms with Crippen LogP contribution in [0.4, 0.5) is 5.13 Å². The third-order valence-electron chi connectivity index (χ3n) is 3.13. The second-order valence-corrected chi connectivity index (χ2v) is 6.25. The van der Waals surface area contributed by atoms with Crippen molar-refractivity contribution in [1.82, 2.24) is 10.3 Å². The van der Waals surface area contributed by atoms with Crippen LogP contribution < -0.4 is 10.6 Å². The summed E-state index contributed by atoms with van der Waals surface area (Å²) in [7, 11) is 0. The first-order valence-electron chi connectivity index (χ1n) is 7.75.